The number of rotatable bonds is 7. The van der Waals surface area contributed by atoms with Crippen LogP contribution in [-0.2, 0) is 16.0 Å². The molecule has 1 amide bonds. The van der Waals surface area contributed by atoms with Crippen LogP contribution in [0.1, 0.15) is 22.3 Å². The predicted molar refractivity (Wildman–Crippen MR) is 106 cm³/mol. The fourth-order valence-corrected chi connectivity index (χ4v) is 3.19. The zero-order valence-electron chi connectivity index (χ0n) is 15.7. The highest BCUT2D eigenvalue weighted by atomic mass is 16.6. The van der Waals surface area contributed by atoms with Crippen LogP contribution in [0, 0.1) is 10.1 Å². The van der Waals surface area contributed by atoms with E-state index < -0.39 is 16.8 Å². The Morgan fingerprint density at radius 1 is 1.14 bits per heavy atom. The highest BCUT2D eigenvalue weighted by Crippen LogP contribution is 2.33. The van der Waals surface area contributed by atoms with Crippen LogP contribution in [0.15, 0.2) is 42.5 Å². The lowest BCUT2D eigenvalue weighted by molar-refractivity contribution is -0.384. The van der Waals surface area contributed by atoms with Gasteiger partial charge in [-0.25, -0.2) is 0 Å². The molecule has 0 unspecified atom stereocenters. The Labute approximate surface area is 167 Å². The number of aryl methyl sites for hydroxylation is 1. The summed E-state index contributed by atoms with van der Waals surface area (Å²) in [6, 6.07) is 11.3. The summed E-state index contributed by atoms with van der Waals surface area (Å²) in [4.78, 5) is 36.4. The van der Waals surface area contributed by atoms with Gasteiger partial charge in [-0.1, -0.05) is 18.2 Å². The maximum absolute atomic E-state index is 12.9. The largest absolute Gasteiger partial charge is 0.481 e. The average Bonchev–Trinajstić information content (AvgIpc) is 2.73. The third kappa shape index (κ3) is 5.08. The summed E-state index contributed by atoms with van der Waals surface area (Å²) in [5.74, 6) is -1.32. The molecule has 0 aliphatic carbocycles. The zero-order chi connectivity index (χ0) is 20.8. The second-order valence-corrected chi connectivity index (χ2v) is 6.57. The van der Waals surface area contributed by atoms with Gasteiger partial charge in [0.15, 0.2) is 0 Å². The Balaban J connectivity index is 1.82. The smallest absolute Gasteiger partial charge is 0.303 e. The summed E-state index contributed by atoms with van der Waals surface area (Å²) >= 11 is 0. The maximum atomic E-state index is 12.9. The van der Waals surface area contributed by atoms with Crippen molar-refractivity contribution in [3.05, 3.63) is 63.7 Å². The number of nitrogens with one attached hydrogen (secondary N) is 1. The number of carbonyl (C=O) groups excluding carboxylic acids is 1. The lowest BCUT2D eigenvalue weighted by Gasteiger charge is -2.29. The van der Waals surface area contributed by atoms with E-state index in [9.17, 15) is 19.7 Å². The van der Waals surface area contributed by atoms with E-state index in [4.69, 9.17) is 9.84 Å². The van der Waals surface area contributed by atoms with Crippen molar-refractivity contribution >= 4 is 28.9 Å². The number of hydrogen-bond acceptors (Lipinski definition) is 6. The van der Waals surface area contributed by atoms with Crippen molar-refractivity contribution in [2.45, 2.75) is 12.8 Å². The first-order chi connectivity index (χ1) is 14.0. The lowest BCUT2D eigenvalue weighted by Crippen LogP contribution is -2.37. The van der Waals surface area contributed by atoms with E-state index in [0.717, 1.165) is 5.56 Å². The molecule has 0 bridgehead atoms. The normalized spacial score (nSPS) is 13.7. The van der Waals surface area contributed by atoms with Crippen molar-refractivity contribution in [3.63, 3.8) is 0 Å². The number of benzene rings is 2. The molecule has 9 heteroatoms. The van der Waals surface area contributed by atoms with Gasteiger partial charge in [0.2, 0.25) is 0 Å². The molecule has 1 aliphatic heterocycles. The van der Waals surface area contributed by atoms with Crippen molar-refractivity contribution in [2.24, 2.45) is 0 Å². The van der Waals surface area contributed by atoms with E-state index in [0.29, 0.717) is 38.4 Å². The molecule has 1 fully saturated rings. The summed E-state index contributed by atoms with van der Waals surface area (Å²) in [6.45, 7) is 1.79. The molecular weight excluding hydrogens is 378 g/mol. The number of nitro benzene ring substituents is 1. The van der Waals surface area contributed by atoms with Gasteiger partial charge in [-0.05, 0) is 30.2 Å². The van der Waals surface area contributed by atoms with Crippen molar-refractivity contribution in [1.82, 2.24) is 0 Å². The highest BCUT2D eigenvalue weighted by molar-refractivity contribution is 6.09. The molecule has 0 spiro atoms. The second kappa shape index (κ2) is 9.16. The van der Waals surface area contributed by atoms with Gasteiger partial charge in [-0.3, -0.25) is 19.7 Å². The number of carboxylic acids is 1. The van der Waals surface area contributed by atoms with Crippen molar-refractivity contribution < 1.29 is 24.4 Å². The Morgan fingerprint density at radius 2 is 1.83 bits per heavy atom. The number of nitrogens with zero attached hydrogens (tertiary/aromatic N) is 2. The topological polar surface area (TPSA) is 122 Å². The van der Waals surface area contributed by atoms with Gasteiger partial charge in [0.05, 0.1) is 23.7 Å². The van der Waals surface area contributed by atoms with Gasteiger partial charge in [-0.2, -0.15) is 0 Å². The maximum Gasteiger partial charge on any atom is 0.303 e. The SMILES string of the molecule is O=C(O)CCc1ccc(NC(=O)c2cccc([N+](=O)[O-])c2N2CCOCC2)cc1. The van der Waals surface area contributed by atoms with E-state index in [2.05, 4.69) is 5.32 Å². The zero-order valence-corrected chi connectivity index (χ0v) is 15.7. The number of ether oxygens (including phenoxy) is 1. The van der Waals surface area contributed by atoms with Crippen LogP contribution < -0.4 is 10.2 Å². The number of para-hydroxylation sites is 1. The van der Waals surface area contributed by atoms with Crippen LogP contribution in [0.4, 0.5) is 17.1 Å². The van der Waals surface area contributed by atoms with Crippen LogP contribution in [-0.4, -0.2) is 48.2 Å². The summed E-state index contributed by atoms with van der Waals surface area (Å²) in [7, 11) is 0. The molecule has 2 aromatic carbocycles. The van der Waals surface area contributed by atoms with Crippen LogP contribution >= 0.6 is 0 Å². The molecule has 0 radical (unpaired) electrons. The van der Waals surface area contributed by atoms with Gasteiger partial charge in [0.25, 0.3) is 11.6 Å². The van der Waals surface area contributed by atoms with Crippen molar-refractivity contribution in [1.29, 1.82) is 0 Å². The first-order valence-electron chi connectivity index (χ1n) is 9.18. The van der Waals surface area contributed by atoms with Gasteiger partial charge in [0.1, 0.15) is 5.69 Å². The average molecular weight is 399 g/mol. The van der Waals surface area contributed by atoms with E-state index in [-0.39, 0.29) is 23.4 Å². The molecule has 0 aromatic heterocycles. The Bertz CT molecular complexity index is 907. The van der Waals surface area contributed by atoms with E-state index in [1.165, 1.54) is 12.1 Å². The molecule has 29 heavy (non-hydrogen) atoms. The first kappa shape index (κ1) is 20.3. The number of morpholine rings is 1. The minimum Gasteiger partial charge on any atom is -0.481 e. The lowest BCUT2D eigenvalue weighted by atomic mass is 10.1. The Kier molecular flexibility index (Phi) is 6.40. The number of anilines is 2. The molecular formula is C20H21N3O6. The van der Waals surface area contributed by atoms with E-state index >= 15 is 0 Å². The van der Waals surface area contributed by atoms with Gasteiger partial charge < -0.3 is 20.1 Å². The minimum atomic E-state index is -0.872. The standard InChI is InChI=1S/C20H21N3O6/c24-18(25)9-6-14-4-7-15(8-5-14)21-20(26)16-2-1-3-17(23(27)28)19(16)22-10-12-29-13-11-22/h1-5,7-8H,6,9-13H2,(H,21,26)(H,24,25). The molecule has 3 rings (SSSR count). The van der Waals surface area contributed by atoms with Crippen molar-refractivity contribution in [2.75, 3.05) is 36.5 Å². The van der Waals surface area contributed by atoms with Gasteiger partial charge in [0, 0.05) is 31.3 Å². The molecule has 2 N–H and O–H groups in total. The minimum absolute atomic E-state index is 0.0301. The van der Waals surface area contributed by atoms with E-state index in [1.807, 2.05) is 0 Å². The highest BCUT2D eigenvalue weighted by Gasteiger charge is 2.27. The third-order valence-electron chi connectivity index (χ3n) is 4.62. The molecule has 9 nitrogen and oxygen atoms in total. The number of carbonyl (C=O) groups is 2. The van der Waals surface area contributed by atoms with Crippen LogP contribution in [0.25, 0.3) is 0 Å². The second-order valence-electron chi connectivity index (χ2n) is 6.57. The van der Waals surface area contributed by atoms with Crippen LogP contribution in [0.3, 0.4) is 0 Å². The van der Waals surface area contributed by atoms with Crippen LogP contribution in [0.2, 0.25) is 0 Å². The molecule has 0 atom stereocenters. The number of amides is 1. The summed E-state index contributed by atoms with van der Waals surface area (Å²) < 4.78 is 5.31. The Morgan fingerprint density at radius 3 is 2.45 bits per heavy atom. The number of aliphatic carboxylic acids is 1. The van der Waals surface area contributed by atoms with Gasteiger partial charge >= 0.3 is 5.97 Å². The van der Waals surface area contributed by atoms with Crippen LogP contribution in [0.5, 0.6) is 0 Å². The molecule has 152 valence electrons. The fourth-order valence-electron chi connectivity index (χ4n) is 3.19. The third-order valence-corrected chi connectivity index (χ3v) is 4.62. The summed E-state index contributed by atoms with van der Waals surface area (Å²) in [5, 5.41) is 23.0. The molecule has 1 aliphatic rings. The quantitative estimate of drug-likeness (QED) is 0.542. The molecule has 0 saturated carbocycles. The van der Waals surface area contributed by atoms with Crippen molar-refractivity contribution in [3.8, 4) is 0 Å². The predicted octanol–water partition coefficient (Wildman–Crippen LogP) is 2.70. The number of hydrogen-bond donors (Lipinski definition) is 2. The first-order valence-corrected chi connectivity index (χ1v) is 9.18. The summed E-state index contributed by atoms with van der Waals surface area (Å²) in [5.41, 5.74) is 1.75. The number of nitro groups is 1. The molecule has 2 aromatic rings. The summed E-state index contributed by atoms with van der Waals surface area (Å²) in [6.07, 6.45) is 0.428. The van der Waals surface area contributed by atoms with E-state index in [1.54, 1.807) is 35.2 Å². The molecule has 1 saturated heterocycles. The van der Waals surface area contributed by atoms with Gasteiger partial charge in [-0.15, -0.1) is 0 Å². The monoisotopic (exact) mass is 399 g/mol. The number of carboxylic acid groups (broad SMARTS) is 1. The molecule has 1 heterocycles. The Hall–Kier alpha value is -3.46. The fraction of sp³-hybridized carbons (Fsp3) is 0.300.